The zero-order valence-corrected chi connectivity index (χ0v) is 11.1. The summed E-state index contributed by atoms with van der Waals surface area (Å²) in [7, 11) is 1.65. The van der Waals surface area contributed by atoms with Crippen molar-refractivity contribution in [2.75, 3.05) is 13.7 Å². The Bertz CT molecular complexity index is 461. The van der Waals surface area contributed by atoms with Crippen LogP contribution in [0.1, 0.15) is 31.2 Å². The summed E-state index contributed by atoms with van der Waals surface area (Å²) in [5, 5.41) is 0.417. The molecule has 0 radical (unpaired) electrons. The molecule has 1 aromatic rings. The van der Waals surface area contributed by atoms with Crippen molar-refractivity contribution in [3.05, 3.63) is 34.6 Å². The highest BCUT2D eigenvalue weighted by molar-refractivity contribution is 6.30. The van der Waals surface area contributed by atoms with E-state index >= 15 is 0 Å². The molecule has 1 aromatic carbocycles. The van der Waals surface area contributed by atoms with Gasteiger partial charge in [0.2, 0.25) is 0 Å². The van der Waals surface area contributed by atoms with Gasteiger partial charge in [0.05, 0.1) is 17.8 Å². The predicted molar refractivity (Wildman–Crippen MR) is 67.2 cm³/mol. The van der Waals surface area contributed by atoms with Crippen molar-refractivity contribution in [1.82, 2.24) is 0 Å². The molecule has 0 unspecified atom stereocenters. The summed E-state index contributed by atoms with van der Waals surface area (Å²) in [5.41, 5.74) is 0.168. The summed E-state index contributed by atoms with van der Waals surface area (Å²) >= 11 is 5.80. The first kappa shape index (κ1) is 12.4. The van der Waals surface area contributed by atoms with Gasteiger partial charge in [0.1, 0.15) is 5.82 Å². The molecule has 18 heavy (non-hydrogen) atoms. The highest BCUT2D eigenvalue weighted by Crippen LogP contribution is 2.50. The maximum Gasteiger partial charge on any atom is 0.130 e. The predicted octanol–water partition coefficient (Wildman–Crippen LogP) is 3.66. The second-order valence-electron chi connectivity index (χ2n) is 5.29. The molecule has 4 heteroatoms. The van der Waals surface area contributed by atoms with E-state index in [1.54, 1.807) is 19.2 Å². The van der Waals surface area contributed by atoms with Gasteiger partial charge in [-0.05, 0) is 37.8 Å². The summed E-state index contributed by atoms with van der Waals surface area (Å²) in [6.45, 7) is 0.843. The topological polar surface area (TPSA) is 21.8 Å². The Morgan fingerprint density at radius 2 is 1.94 bits per heavy atom. The summed E-state index contributed by atoms with van der Waals surface area (Å²) < 4.78 is 25.2. The molecule has 2 fully saturated rings. The van der Waals surface area contributed by atoms with E-state index in [0.717, 1.165) is 32.3 Å². The molecule has 2 aliphatic rings. The van der Waals surface area contributed by atoms with Crippen LogP contribution >= 0.6 is 11.6 Å². The largest absolute Gasteiger partial charge is 0.373 e. The number of benzene rings is 1. The van der Waals surface area contributed by atoms with E-state index in [9.17, 15) is 4.39 Å². The Morgan fingerprint density at radius 1 is 1.28 bits per heavy atom. The van der Waals surface area contributed by atoms with E-state index in [1.807, 2.05) is 0 Å². The number of hydrogen-bond donors (Lipinski definition) is 0. The van der Waals surface area contributed by atoms with Gasteiger partial charge >= 0.3 is 0 Å². The third-order valence-electron chi connectivity index (χ3n) is 4.33. The number of hydrogen-bond acceptors (Lipinski definition) is 2. The molecule has 1 spiro atoms. The van der Waals surface area contributed by atoms with Crippen LogP contribution in [0.15, 0.2) is 18.2 Å². The summed E-state index contributed by atoms with van der Waals surface area (Å²) in [4.78, 5) is 0. The highest BCUT2D eigenvalue weighted by atomic mass is 35.5. The fourth-order valence-corrected chi connectivity index (χ4v) is 3.10. The summed E-state index contributed by atoms with van der Waals surface area (Å²) in [6, 6.07) is 4.82. The zero-order chi connectivity index (χ0) is 12.8. The van der Waals surface area contributed by atoms with E-state index in [-0.39, 0.29) is 11.4 Å². The number of halogens is 2. The Morgan fingerprint density at radius 3 is 2.44 bits per heavy atom. The number of rotatable bonds is 2. The van der Waals surface area contributed by atoms with Crippen LogP contribution in [0.5, 0.6) is 0 Å². The van der Waals surface area contributed by atoms with E-state index in [4.69, 9.17) is 21.1 Å². The smallest absolute Gasteiger partial charge is 0.130 e. The molecule has 1 aliphatic heterocycles. The van der Waals surface area contributed by atoms with Gasteiger partial charge in [-0.25, -0.2) is 4.39 Å². The molecule has 1 heterocycles. The van der Waals surface area contributed by atoms with Crippen molar-refractivity contribution in [3.8, 4) is 0 Å². The fraction of sp³-hybridized carbons (Fsp3) is 0.571. The third-order valence-corrected chi connectivity index (χ3v) is 4.57. The minimum atomic E-state index is -0.522. The summed E-state index contributed by atoms with van der Waals surface area (Å²) in [6.07, 6.45) is 3.45. The average molecular weight is 271 g/mol. The molecule has 1 saturated carbocycles. The van der Waals surface area contributed by atoms with E-state index in [0.29, 0.717) is 10.6 Å². The number of ether oxygens (including phenoxy) is 2. The first-order valence-corrected chi connectivity index (χ1v) is 6.62. The lowest BCUT2D eigenvalue weighted by Crippen LogP contribution is -2.37. The molecule has 1 aliphatic carbocycles. The van der Waals surface area contributed by atoms with Crippen molar-refractivity contribution in [3.63, 3.8) is 0 Å². The maximum atomic E-state index is 14.1. The van der Waals surface area contributed by atoms with Gasteiger partial charge in [-0.1, -0.05) is 17.7 Å². The van der Waals surface area contributed by atoms with E-state index in [1.165, 1.54) is 6.07 Å². The second-order valence-corrected chi connectivity index (χ2v) is 5.73. The molecule has 0 N–H and O–H groups in total. The molecular formula is C14H16ClFO2. The van der Waals surface area contributed by atoms with Crippen LogP contribution in [-0.4, -0.2) is 19.3 Å². The maximum absolute atomic E-state index is 14.1. The second kappa shape index (κ2) is 4.19. The van der Waals surface area contributed by atoms with Crippen molar-refractivity contribution in [2.24, 2.45) is 0 Å². The lowest BCUT2D eigenvalue weighted by Gasteiger charge is -2.38. The number of methoxy groups -OCH3 is 1. The van der Waals surface area contributed by atoms with Gasteiger partial charge in [-0.3, -0.25) is 0 Å². The van der Waals surface area contributed by atoms with Crippen LogP contribution in [0.25, 0.3) is 0 Å². The minimum Gasteiger partial charge on any atom is -0.373 e. The number of epoxide rings is 1. The van der Waals surface area contributed by atoms with Crippen LogP contribution in [-0.2, 0) is 15.1 Å². The lowest BCUT2D eigenvalue weighted by atomic mass is 9.75. The van der Waals surface area contributed by atoms with Gasteiger partial charge in [0.25, 0.3) is 0 Å². The normalized spacial score (nSPS) is 34.8. The van der Waals surface area contributed by atoms with Crippen LogP contribution in [0.3, 0.4) is 0 Å². The van der Waals surface area contributed by atoms with Crippen molar-refractivity contribution in [1.29, 1.82) is 0 Å². The first-order valence-electron chi connectivity index (χ1n) is 6.24. The molecule has 0 aromatic heterocycles. The SMILES string of the molecule is COC1(c2ccc(Cl)cc2F)CCC2(CC1)CO2. The van der Waals surface area contributed by atoms with Crippen LogP contribution < -0.4 is 0 Å². The fourth-order valence-electron chi connectivity index (χ4n) is 2.94. The zero-order valence-electron chi connectivity index (χ0n) is 10.3. The highest BCUT2D eigenvalue weighted by Gasteiger charge is 2.52. The minimum absolute atomic E-state index is 0.0743. The molecule has 98 valence electrons. The van der Waals surface area contributed by atoms with Crippen LogP contribution in [0, 0.1) is 5.82 Å². The quantitative estimate of drug-likeness (QED) is 0.765. The lowest BCUT2D eigenvalue weighted by molar-refractivity contribution is -0.0609. The third kappa shape index (κ3) is 1.94. The van der Waals surface area contributed by atoms with Gasteiger partial charge in [-0.2, -0.15) is 0 Å². The van der Waals surface area contributed by atoms with E-state index < -0.39 is 5.60 Å². The van der Waals surface area contributed by atoms with Gasteiger partial charge < -0.3 is 9.47 Å². The van der Waals surface area contributed by atoms with Crippen molar-refractivity contribution < 1.29 is 13.9 Å². The molecule has 0 amide bonds. The van der Waals surface area contributed by atoms with Crippen LogP contribution in [0.2, 0.25) is 5.02 Å². The Labute approximate surface area is 111 Å². The molecule has 1 saturated heterocycles. The van der Waals surface area contributed by atoms with Crippen molar-refractivity contribution >= 4 is 11.6 Å². The van der Waals surface area contributed by atoms with Gasteiger partial charge in [0, 0.05) is 17.7 Å². The average Bonchev–Trinajstić information content (AvgIpc) is 3.12. The molecule has 3 rings (SSSR count). The summed E-state index contributed by atoms with van der Waals surface area (Å²) in [5.74, 6) is -0.281. The molecule has 0 atom stereocenters. The Kier molecular flexibility index (Phi) is 2.88. The molecule has 0 bridgehead atoms. The van der Waals surface area contributed by atoms with Gasteiger partial charge in [-0.15, -0.1) is 0 Å². The van der Waals surface area contributed by atoms with E-state index in [2.05, 4.69) is 0 Å². The standard InChI is InChI=1S/C14H16ClFO2/c1-17-14(6-4-13(5-7-14)9-18-13)11-3-2-10(15)8-12(11)16/h2-3,8H,4-7,9H2,1H3. The first-order chi connectivity index (χ1) is 8.59. The molecular weight excluding hydrogens is 255 g/mol. The van der Waals surface area contributed by atoms with Crippen LogP contribution in [0.4, 0.5) is 4.39 Å². The Hall–Kier alpha value is -0.640. The Balaban J connectivity index is 1.91. The van der Waals surface area contributed by atoms with Gasteiger partial charge in [0.15, 0.2) is 0 Å². The monoisotopic (exact) mass is 270 g/mol. The molecule has 2 nitrogen and oxygen atoms in total. The van der Waals surface area contributed by atoms with Crippen molar-refractivity contribution in [2.45, 2.75) is 36.9 Å².